The van der Waals surface area contributed by atoms with E-state index in [0.29, 0.717) is 24.0 Å². The second-order valence-corrected chi connectivity index (χ2v) is 6.46. The topological polar surface area (TPSA) is 92.5 Å². The van der Waals surface area contributed by atoms with Gasteiger partial charge in [-0.15, -0.1) is 0 Å². The number of H-pyrrole nitrogens is 1. The van der Waals surface area contributed by atoms with E-state index in [1.165, 1.54) is 13.1 Å². The molecule has 1 atom stereocenters. The van der Waals surface area contributed by atoms with Crippen LogP contribution in [-0.4, -0.2) is 43.1 Å². The highest BCUT2D eigenvalue weighted by atomic mass is 35.5. The summed E-state index contributed by atoms with van der Waals surface area (Å²) in [4.78, 5) is 27.3. The summed E-state index contributed by atoms with van der Waals surface area (Å²) in [6, 6.07) is 8.77. The molecule has 0 aliphatic carbocycles. The number of aromatic amines is 1. The van der Waals surface area contributed by atoms with E-state index in [2.05, 4.69) is 15.6 Å². The van der Waals surface area contributed by atoms with Gasteiger partial charge in [-0.25, -0.2) is 0 Å². The maximum Gasteiger partial charge on any atom is 0.271 e. The SMILES string of the molecule is CNC(=O)c1[nH]c(C(=O)NC2COC2)cc1O[C@H](C)c1ccc(Cl)cc1. The van der Waals surface area contributed by atoms with E-state index in [0.717, 1.165) is 5.56 Å². The zero-order valence-corrected chi connectivity index (χ0v) is 15.2. The molecule has 0 unspecified atom stereocenters. The molecule has 138 valence electrons. The Labute approximate surface area is 156 Å². The van der Waals surface area contributed by atoms with Crippen LogP contribution in [0.2, 0.25) is 5.02 Å². The Kier molecular flexibility index (Phi) is 5.49. The highest BCUT2D eigenvalue weighted by molar-refractivity contribution is 6.30. The van der Waals surface area contributed by atoms with Gasteiger partial charge >= 0.3 is 0 Å². The van der Waals surface area contributed by atoms with Gasteiger partial charge < -0.3 is 25.1 Å². The number of hydrogen-bond donors (Lipinski definition) is 3. The van der Waals surface area contributed by atoms with Crippen molar-refractivity contribution < 1.29 is 19.1 Å². The van der Waals surface area contributed by atoms with E-state index >= 15 is 0 Å². The Bertz CT molecular complexity index is 799. The molecular weight excluding hydrogens is 358 g/mol. The van der Waals surface area contributed by atoms with Crippen molar-refractivity contribution in [2.75, 3.05) is 20.3 Å². The smallest absolute Gasteiger partial charge is 0.271 e. The van der Waals surface area contributed by atoms with E-state index < -0.39 is 0 Å². The molecule has 7 nitrogen and oxygen atoms in total. The second-order valence-electron chi connectivity index (χ2n) is 6.02. The zero-order valence-electron chi connectivity index (χ0n) is 14.5. The average Bonchev–Trinajstić information content (AvgIpc) is 3.01. The fourth-order valence-electron chi connectivity index (χ4n) is 2.52. The quantitative estimate of drug-likeness (QED) is 0.720. The largest absolute Gasteiger partial charge is 0.484 e. The Morgan fingerprint density at radius 1 is 1.27 bits per heavy atom. The van der Waals surface area contributed by atoms with E-state index in [1.807, 2.05) is 19.1 Å². The predicted octanol–water partition coefficient (Wildman–Crippen LogP) is 2.30. The van der Waals surface area contributed by atoms with Gasteiger partial charge in [-0.05, 0) is 24.6 Å². The lowest BCUT2D eigenvalue weighted by molar-refractivity contribution is -0.00354. The molecule has 1 aliphatic rings. The van der Waals surface area contributed by atoms with E-state index in [9.17, 15) is 9.59 Å². The third kappa shape index (κ3) is 4.00. The molecular formula is C18H20ClN3O4. The van der Waals surface area contributed by atoms with Gasteiger partial charge in [-0.1, -0.05) is 23.7 Å². The highest BCUT2D eigenvalue weighted by Gasteiger charge is 2.25. The summed E-state index contributed by atoms with van der Waals surface area (Å²) in [5.41, 5.74) is 1.35. The number of nitrogens with one attached hydrogen (secondary N) is 3. The number of carbonyl (C=O) groups excluding carboxylic acids is 2. The van der Waals surface area contributed by atoms with Crippen LogP contribution in [0.5, 0.6) is 5.75 Å². The van der Waals surface area contributed by atoms with Gasteiger partial charge in [-0.2, -0.15) is 0 Å². The standard InChI is InChI=1S/C18H20ClN3O4/c1-10(11-3-5-12(19)6-4-11)26-15-7-14(22-16(15)18(24)20-2)17(23)21-13-8-25-9-13/h3-7,10,13,22H,8-9H2,1-2H3,(H,20,24)(H,21,23)/t10-/m1/s1. The molecule has 3 N–H and O–H groups in total. The molecule has 0 bridgehead atoms. The maximum absolute atomic E-state index is 12.3. The average molecular weight is 378 g/mol. The number of benzene rings is 1. The van der Waals surface area contributed by atoms with Crippen LogP contribution >= 0.6 is 11.6 Å². The van der Waals surface area contributed by atoms with Crippen molar-refractivity contribution in [2.45, 2.75) is 19.1 Å². The first-order chi connectivity index (χ1) is 12.5. The summed E-state index contributed by atoms with van der Waals surface area (Å²) < 4.78 is 11.0. The molecule has 2 aromatic rings. The first-order valence-electron chi connectivity index (χ1n) is 8.23. The van der Waals surface area contributed by atoms with Crippen molar-refractivity contribution in [2.24, 2.45) is 0 Å². The first-order valence-corrected chi connectivity index (χ1v) is 8.61. The molecule has 1 aromatic carbocycles. The summed E-state index contributed by atoms with van der Waals surface area (Å²) in [5.74, 6) is -0.367. The van der Waals surface area contributed by atoms with E-state index in [4.69, 9.17) is 21.1 Å². The first kappa shape index (κ1) is 18.3. The van der Waals surface area contributed by atoms with Gasteiger partial charge in [0.1, 0.15) is 17.5 Å². The number of aromatic nitrogens is 1. The van der Waals surface area contributed by atoms with Crippen LogP contribution in [0.4, 0.5) is 0 Å². The molecule has 1 fully saturated rings. The van der Waals surface area contributed by atoms with Crippen molar-refractivity contribution in [1.82, 2.24) is 15.6 Å². The Hall–Kier alpha value is -2.51. The molecule has 8 heteroatoms. The molecule has 1 aliphatic heterocycles. The lowest BCUT2D eigenvalue weighted by Gasteiger charge is -2.26. The molecule has 0 radical (unpaired) electrons. The molecule has 1 saturated heterocycles. The molecule has 2 heterocycles. The predicted molar refractivity (Wildman–Crippen MR) is 96.8 cm³/mol. The van der Waals surface area contributed by atoms with Crippen LogP contribution in [0.25, 0.3) is 0 Å². The lowest BCUT2D eigenvalue weighted by atomic mass is 10.1. The Morgan fingerprint density at radius 3 is 2.54 bits per heavy atom. The molecule has 1 aromatic heterocycles. The minimum absolute atomic E-state index is 0.00777. The van der Waals surface area contributed by atoms with Crippen molar-refractivity contribution in [3.05, 3.63) is 52.3 Å². The number of ether oxygens (including phenoxy) is 2. The van der Waals surface area contributed by atoms with Gasteiger partial charge in [-0.3, -0.25) is 9.59 Å². The number of amides is 2. The summed E-state index contributed by atoms with van der Waals surface area (Å²) in [6.07, 6.45) is -0.331. The van der Waals surface area contributed by atoms with Crippen molar-refractivity contribution >= 4 is 23.4 Å². The van der Waals surface area contributed by atoms with Crippen LogP contribution in [-0.2, 0) is 4.74 Å². The van der Waals surface area contributed by atoms with Gasteiger partial charge in [0, 0.05) is 18.1 Å². The molecule has 26 heavy (non-hydrogen) atoms. The number of carbonyl (C=O) groups is 2. The third-order valence-electron chi connectivity index (χ3n) is 4.10. The summed E-state index contributed by atoms with van der Waals surface area (Å²) in [5, 5.41) is 5.99. The second kappa shape index (κ2) is 7.80. The molecule has 0 saturated carbocycles. The number of halogens is 1. The molecule has 0 spiro atoms. The fraction of sp³-hybridized carbons (Fsp3) is 0.333. The Morgan fingerprint density at radius 2 is 1.96 bits per heavy atom. The molecule has 3 rings (SSSR count). The summed E-state index contributed by atoms with van der Waals surface area (Å²) in [7, 11) is 1.51. The summed E-state index contributed by atoms with van der Waals surface area (Å²) >= 11 is 5.91. The Balaban J connectivity index is 1.80. The maximum atomic E-state index is 12.3. The summed E-state index contributed by atoms with van der Waals surface area (Å²) in [6.45, 7) is 2.84. The van der Waals surface area contributed by atoms with Crippen LogP contribution in [0.3, 0.4) is 0 Å². The third-order valence-corrected chi connectivity index (χ3v) is 4.35. The van der Waals surface area contributed by atoms with Gasteiger partial charge in [0.2, 0.25) is 0 Å². The normalized spacial score (nSPS) is 15.0. The van der Waals surface area contributed by atoms with E-state index in [-0.39, 0.29) is 35.3 Å². The minimum atomic E-state index is -0.366. The van der Waals surface area contributed by atoms with Crippen molar-refractivity contribution in [3.63, 3.8) is 0 Å². The van der Waals surface area contributed by atoms with Gasteiger partial charge in [0.15, 0.2) is 5.75 Å². The number of hydrogen-bond acceptors (Lipinski definition) is 4. The minimum Gasteiger partial charge on any atom is -0.484 e. The van der Waals surface area contributed by atoms with Crippen molar-refractivity contribution in [1.29, 1.82) is 0 Å². The van der Waals surface area contributed by atoms with Gasteiger partial charge in [0.05, 0.1) is 19.3 Å². The highest BCUT2D eigenvalue weighted by Crippen LogP contribution is 2.27. The monoisotopic (exact) mass is 377 g/mol. The van der Waals surface area contributed by atoms with Crippen LogP contribution in [0, 0.1) is 0 Å². The molecule has 2 amide bonds. The van der Waals surface area contributed by atoms with Crippen molar-refractivity contribution in [3.8, 4) is 5.75 Å². The lowest BCUT2D eigenvalue weighted by Crippen LogP contribution is -2.48. The van der Waals surface area contributed by atoms with E-state index in [1.54, 1.807) is 12.1 Å². The van der Waals surface area contributed by atoms with Gasteiger partial charge in [0.25, 0.3) is 11.8 Å². The van der Waals surface area contributed by atoms with Crippen LogP contribution < -0.4 is 15.4 Å². The number of rotatable bonds is 6. The van der Waals surface area contributed by atoms with Crippen LogP contribution in [0.1, 0.15) is 39.6 Å². The fourth-order valence-corrected chi connectivity index (χ4v) is 2.64. The van der Waals surface area contributed by atoms with Crippen LogP contribution in [0.15, 0.2) is 30.3 Å². The zero-order chi connectivity index (χ0) is 18.7.